The van der Waals surface area contributed by atoms with E-state index in [1.807, 2.05) is 0 Å². The minimum Gasteiger partial charge on any atom is -0.497 e. The summed E-state index contributed by atoms with van der Waals surface area (Å²) in [5.74, 6) is 1.32. The number of carbonyl (C=O) groups excluding carboxylic acids is 1. The summed E-state index contributed by atoms with van der Waals surface area (Å²) in [6, 6.07) is 5.24. The van der Waals surface area contributed by atoms with E-state index in [9.17, 15) is 4.79 Å². The van der Waals surface area contributed by atoms with Crippen LogP contribution in [-0.2, 0) is 0 Å². The fraction of sp³-hybridized carbons (Fsp3) is 0.462. The highest BCUT2D eigenvalue weighted by Gasteiger charge is 2.19. The molecule has 0 aromatic heterocycles. The van der Waals surface area contributed by atoms with Crippen LogP contribution in [0.5, 0.6) is 11.5 Å². The molecule has 1 aliphatic rings. The van der Waals surface area contributed by atoms with Gasteiger partial charge in [0.1, 0.15) is 11.5 Å². The number of rotatable bonds is 3. The molecule has 0 unspecified atom stereocenters. The number of hydrogen-bond acceptors (Lipinski definition) is 3. The van der Waals surface area contributed by atoms with E-state index in [4.69, 9.17) is 9.47 Å². The number of nitrogens with zero attached hydrogens (tertiary/aromatic N) is 1. The average molecular weight is 250 g/mol. The zero-order valence-corrected chi connectivity index (χ0v) is 10.7. The number of hydrogen-bond donors (Lipinski definition) is 1. The molecule has 1 fully saturated rings. The van der Waals surface area contributed by atoms with Gasteiger partial charge in [-0.3, -0.25) is 0 Å². The number of amides is 2. The predicted molar refractivity (Wildman–Crippen MR) is 69.4 cm³/mol. The zero-order valence-electron chi connectivity index (χ0n) is 10.7. The van der Waals surface area contributed by atoms with Crippen LogP contribution in [0.15, 0.2) is 18.2 Å². The van der Waals surface area contributed by atoms with Gasteiger partial charge in [-0.05, 0) is 25.0 Å². The predicted octanol–water partition coefficient (Wildman–Crippen LogP) is 2.33. The minimum absolute atomic E-state index is 0.0842. The van der Waals surface area contributed by atoms with Crippen molar-refractivity contribution >= 4 is 11.7 Å². The van der Waals surface area contributed by atoms with Gasteiger partial charge in [0.05, 0.1) is 19.9 Å². The largest absolute Gasteiger partial charge is 0.497 e. The SMILES string of the molecule is COc1ccc(OC)c(NC(=O)N2CCCC2)c1. The molecule has 0 bridgehead atoms. The third-order valence-electron chi connectivity index (χ3n) is 3.04. The molecular weight excluding hydrogens is 232 g/mol. The smallest absolute Gasteiger partial charge is 0.321 e. The number of benzene rings is 1. The molecule has 0 spiro atoms. The van der Waals surface area contributed by atoms with Gasteiger partial charge in [0.25, 0.3) is 0 Å². The van der Waals surface area contributed by atoms with Crippen LogP contribution in [0, 0.1) is 0 Å². The molecule has 0 radical (unpaired) electrons. The first-order valence-corrected chi connectivity index (χ1v) is 6.02. The summed E-state index contributed by atoms with van der Waals surface area (Å²) < 4.78 is 10.4. The van der Waals surface area contributed by atoms with E-state index in [0.717, 1.165) is 25.9 Å². The molecule has 0 saturated carbocycles. The third-order valence-corrected chi connectivity index (χ3v) is 3.04. The first kappa shape index (κ1) is 12.5. The van der Waals surface area contributed by atoms with Crippen LogP contribution < -0.4 is 14.8 Å². The van der Waals surface area contributed by atoms with Crippen LogP contribution in [0.25, 0.3) is 0 Å². The number of likely N-dealkylation sites (tertiary alicyclic amines) is 1. The van der Waals surface area contributed by atoms with Gasteiger partial charge in [0.2, 0.25) is 0 Å². The fourth-order valence-electron chi connectivity index (χ4n) is 2.03. The number of urea groups is 1. The number of ether oxygens (including phenoxy) is 2. The Balaban J connectivity index is 2.13. The third kappa shape index (κ3) is 2.67. The van der Waals surface area contributed by atoms with E-state index in [-0.39, 0.29) is 6.03 Å². The Labute approximate surface area is 107 Å². The second-order valence-electron chi connectivity index (χ2n) is 4.19. The van der Waals surface area contributed by atoms with Crippen molar-refractivity contribution in [3.63, 3.8) is 0 Å². The summed E-state index contributed by atoms with van der Waals surface area (Å²) in [7, 11) is 3.17. The van der Waals surface area contributed by atoms with E-state index in [1.165, 1.54) is 0 Å². The van der Waals surface area contributed by atoms with E-state index in [0.29, 0.717) is 17.2 Å². The van der Waals surface area contributed by atoms with Crippen LogP contribution in [0.3, 0.4) is 0 Å². The molecule has 1 aliphatic heterocycles. The van der Waals surface area contributed by atoms with Crippen LogP contribution in [-0.4, -0.2) is 38.2 Å². The first-order chi connectivity index (χ1) is 8.74. The summed E-state index contributed by atoms with van der Waals surface area (Å²) in [5, 5.41) is 2.86. The lowest BCUT2D eigenvalue weighted by Crippen LogP contribution is -2.32. The minimum atomic E-state index is -0.0842. The lowest BCUT2D eigenvalue weighted by molar-refractivity contribution is 0.222. The fourth-order valence-corrected chi connectivity index (χ4v) is 2.03. The standard InChI is InChI=1S/C13H18N2O3/c1-17-10-5-6-12(18-2)11(9-10)14-13(16)15-7-3-4-8-15/h5-6,9H,3-4,7-8H2,1-2H3,(H,14,16). The first-order valence-electron chi connectivity index (χ1n) is 6.02. The van der Waals surface area contributed by atoms with Crippen molar-refractivity contribution in [1.29, 1.82) is 0 Å². The van der Waals surface area contributed by atoms with Crippen molar-refractivity contribution in [2.75, 3.05) is 32.6 Å². The van der Waals surface area contributed by atoms with Crippen molar-refractivity contribution in [3.8, 4) is 11.5 Å². The Morgan fingerprint density at radius 2 is 1.94 bits per heavy atom. The van der Waals surface area contributed by atoms with E-state index < -0.39 is 0 Å². The summed E-state index contributed by atoms with van der Waals surface area (Å²) in [6.45, 7) is 1.64. The Kier molecular flexibility index (Phi) is 3.92. The molecular formula is C13H18N2O3. The van der Waals surface area contributed by atoms with Crippen molar-refractivity contribution in [1.82, 2.24) is 4.90 Å². The molecule has 1 N–H and O–H groups in total. The van der Waals surface area contributed by atoms with Gasteiger partial charge in [-0.15, -0.1) is 0 Å². The molecule has 5 nitrogen and oxygen atoms in total. The van der Waals surface area contributed by atoms with Crippen molar-refractivity contribution in [2.45, 2.75) is 12.8 Å². The highest BCUT2D eigenvalue weighted by atomic mass is 16.5. The lowest BCUT2D eigenvalue weighted by atomic mass is 10.2. The number of nitrogens with one attached hydrogen (secondary N) is 1. The second-order valence-corrected chi connectivity index (χ2v) is 4.19. The van der Waals surface area contributed by atoms with Crippen LogP contribution in [0.4, 0.5) is 10.5 Å². The van der Waals surface area contributed by atoms with E-state index in [2.05, 4.69) is 5.32 Å². The van der Waals surface area contributed by atoms with Crippen LogP contribution >= 0.6 is 0 Å². The molecule has 5 heteroatoms. The van der Waals surface area contributed by atoms with E-state index in [1.54, 1.807) is 37.3 Å². The topological polar surface area (TPSA) is 50.8 Å². The molecule has 98 valence electrons. The monoisotopic (exact) mass is 250 g/mol. The highest BCUT2D eigenvalue weighted by molar-refractivity contribution is 5.91. The van der Waals surface area contributed by atoms with Gasteiger partial charge in [-0.1, -0.05) is 0 Å². The molecule has 1 aromatic carbocycles. The quantitative estimate of drug-likeness (QED) is 0.895. The van der Waals surface area contributed by atoms with Crippen molar-refractivity contribution in [2.24, 2.45) is 0 Å². The Bertz CT molecular complexity index is 428. The molecule has 1 saturated heterocycles. The van der Waals surface area contributed by atoms with Crippen molar-refractivity contribution < 1.29 is 14.3 Å². The van der Waals surface area contributed by atoms with Gasteiger partial charge < -0.3 is 19.7 Å². The zero-order chi connectivity index (χ0) is 13.0. The molecule has 18 heavy (non-hydrogen) atoms. The summed E-state index contributed by atoms with van der Waals surface area (Å²) >= 11 is 0. The molecule has 0 aliphatic carbocycles. The number of methoxy groups -OCH3 is 2. The van der Waals surface area contributed by atoms with Gasteiger partial charge in [0, 0.05) is 19.2 Å². The van der Waals surface area contributed by atoms with Crippen LogP contribution in [0.1, 0.15) is 12.8 Å². The molecule has 2 rings (SSSR count). The lowest BCUT2D eigenvalue weighted by Gasteiger charge is -2.18. The normalized spacial score (nSPS) is 14.4. The molecule has 2 amide bonds. The maximum absolute atomic E-state index is 12.0. The Morgan fingerprint density at radius 3 is 2.56 bits per heavy atom. The number of anilines is 1. The molecule has 0 atom stereocenters. The summed E-state index contributed by atoms with van der Waals surface area (Å²) in [5.41, 5.74) is 0.633. The Hall–Kier alpha value is -1.91. The van der Waals surface area contributed by atoms with Gasteiger partial charge in [-0.2, -0.15) is 0 Å². The van der Waals surface area contributed by atoms with Gasteiger partial charge in [0.15, 0.2) is 0 Å². The molecule has 1 heterocycles. The highest BCUT2D eigenvalue weighted by Crippen LogP contribution is 2.29. The van der Waals surface area contributed by atoms with E-state index >= 15 is 0 Å². The number of carbonyl (C=O) groups is 1. The Morgan fingerprint density at radius 1 is 1.22 bits per heavy atom. The van der Waals surface area contributed by atoms with Crippen LogP contribution in [0.2, 0.25) is 0 Å². The maximum Gasteiger partial charge on any atom is 0.321 e. The van der Waals surface area contributed by atoms with Gasteiger partial charge >= 0.3 is 6.03 Å². The van der Waals surface area contributed by atoms with Crippen molar-refractivity contribution in [3.05, 3.63) is 18.2 Å². The average Bonchev–Trinajstić information content (AvgIpc) is 2.92. The second kappa shape index (κ2) is 5.62. The molecule has 1 aromatic rings. The summed E-state index contributed by atoms with van der Waals surface area (Å²) in [4.78, 5) is 13.8. The van der Waals surface area contributed by atoms with Gasteiger partial charge in [-0.25, -0.2) is 4.79 Å². The maximum atomic E-state index is 12.0. The summed E-state index contributed by atoms with van der Waals surface area (Å²) in [6.07, 6.45) is 2.14.